The van der Waals surface area contributed by atoms with Crippen LogP contribution in [0.3, 0.4) is 0 Å². The van der Waals surface area contributed by atoms with Gasteiger partial charge in [-0.05, 0) is 53.4 Å². The molecule has 1 N–H and O–H groups in total. The van der Waals surface area contributed by atoms with E-state index in [9.17, 15) is 9.18 Å². The van der Waals surface area contributed by atoms with E-state index in [1.165, 1.54) is 29.5 Å². The summed E-state index contributed by atoms with van der Waals surface area (Å²) in [7, 11) is 1.26. The predicted octanol–water partition coefficient (Wildman–Crippen LogP) is 6.40. The number of hydrogen-bond acceptors (Lipinski definition) is 4. The van der Waals surface area contributed by atoms with Gasteiger partial charge < -0.3 is 14.8 Å². The number of halogens is 1. The van der Waals surface area contributed by atoms with Gasteiger partial charge in [0, 0.05) is 24.1 Å². The van der Waals surface area contributed by atoms with E-state index >= 15 is 0 Å². The first-order chi connectivity index (χ1) is 17.0. The van der Waals surface area contributed by atoms with Crippen molar-refractivity contribution in [3.8, 4) is 5.75 Å². The Morgan fingerprint density at radius 1 is 1.06 bits per heavy atom. The summed E-state index contributed by atoms with van der Waals surface area (Å²) in [5.41, 5.74) is 3.10. The first-order valence-corrected chi connectivity index (χ1v) is 11.9. The van der Waals surface area contributed by atoms with Crippen molar-refractivity contribution in [3.05, 3.63) is 113 Å². The van der Waals surface area contributed by atoms with Crippen LogP contribution >= 0.6 is 0 Å². The van der Waals surface area contributed by atoms with Crippen molar-refractivity contribution in [1.82, 2.24) is 5.32 Å². The van der Waals surface area contributed by atoms with Crippen LogP contribution in [0, 0.1) is 5.82 Å². The number of carbonyl (C=O) groups is 1. The molecule has 178 valence electrons. The van der Waals surface area contributed by atoms with E-state index in [4.69, 9.17) is 9.47 Å². The molecule has 0 bridgehead atoms. The number of benzene rings is 4. The summed E-state index contributed by atoms with van der Waals surface area (Å²) in [6, 6.07) is 27.5. The predicted molar refractivity (Wildman–Crippen MR) is 135 cm³/mol. The summed E-state index contributed by atoms with van der Waals surface area (Å²) in [6.07, 6.45) is 0.623. The zero-order valence-electron chi connectivity index (χ0n) is 19.8. The van der Waals surface area contributed by atoms with Gasteiger partial charge in [0.05, 0.1) is 12.7 Å². The topological polar surface area (TPSA) is 47.6 Å². The van der Waals surface area contributed by atoms with Crippen molar-refractivity contribution in [2.75, 3.05) is 13.7 Å². The number of ether oxygens (including phenoxy) is 2. The van der Waals surface area contributed by atoms with Crippen LogP contribution < -0.4 is 10.1 Å². The second-order valence-corrected chi connectivity index (χ2v) is 9.00. The number of nitrogens with one attached hydrogen (secondary N) is 1. The molecule has 4 aromatic carbocycles. The molecular weight excluding hydrogens is 441 g/mol. The maximum absolute atomic E-state index is 14.3. The van der Waals surface area contributed by atoms with Crippen molar-refractivity contribution in [3.63, 3.8) is 0 Å². The third-order valence-corrected chi connectivity index (χ3v) is 6.83. The third kappa shape index (κ3) is 4.64. The van der Waals surface area contributed by atoms with Crippen LogP contribution in [0.15, 0.2) is 84.9 Å². The molecule has 0 aliphatic carbocycles. The Kier molecular flexibility index (Phi) is 6.51. The molecule has 35 heavy (non-hydrogen) atoms. The van der Waals surface area contributed by atoms with Crippen LogP contribution in [-0.2, 0) is 4.74 Å². The van der Waals surface area contributed by atoms with Crippen LogP contribution in [0.25, 0.3) is 10.8 Å². The van der Waals surface area contributed by atoms with Gasteiger partial charge in [0.25, 0.3) is 0 Å². The number of esters is 1. The minimum Gasteiger partial charge on any atom is -0.489 e. The molecule has 4 aromatic rings. The van der Waals surface area contributed by atoms with E-state index in [0.717, 1.165) is 16.9 Å². The fraction of sp³-hybridized carbons (Fsp3) is 0.233. The average Bonchev–Trinajstić information content (AvgIpc) is 2.90. The van der Waals surface area contributed by atoms with Gasteiger partial charge in [-0.25, -0.2) is 9.18 Å². The Morgan fingerprint density at radius 2 is 1.83 bits per heavy atom. The van der Waals surface area contributed by atoms with Crippen LogP contribution in [0.2, 0.25) is 0 Å². The second kappa shape index (κ2) is 9.88. The minimum absolute atomic E-state index is 0.0244. The Balaban J connectivity index is 1.39. The first-order valence-electron chi connectivity index (χ1n) is 11.9. The fourth-order valence-electron chi connectivity index (χ4n) is 5.01. The molecule has 0 fully saturated rings. The Bertz CT molecular complexity index is 1360. The number of rotatable bonds is 6. The highest BCUT2D eigenvalue weighted by Gasteiger charge is 2.30. The zero-order chi connectivity index (χ0) is 24.4. The fourth-order valence-corrected chi connectivity index (χ4v) is 5.01. The van der Waals surface area contributed by atoms with Crippen molar-refractivity contribution in [2.45, 2.75) is 31.4 Å². The lowest BCUT2D eigenvalue weighted by molar-refractivity contribution is 0.0595. The maximum atomic E-state index is 14.3. The highest BCUT2D eigenvalue weighted by molar-refractivity contribution is 5.90. The molecule has 0 unspecified atom stereocenters. The molecule has 5 heteroatoms. The molecule has 1 aliphatic rings. The van der Waals surface area contributed by atoms with E-state index in [-0.39, 0.29) is 23.6 Å². The lowest BCUT2D eigenvalue weighted by atomic mass is 9.83. The molecule has 0 saturated heterocycles. The Morgan fingerprint density at radius 3 is 2.69 bits per heavy atom. The molecule has 0 amide bonds. The average molecular weight is 470 g/mol. The standard InChI is InChI=1S/C30H28FNO3/c1-19(23-12-7-9-20-8-3-4-10-24(20)23)32-18-22-17-26(25-11-5-6-13-29(25)35-22)21-14-15-28(31)27(16-21)30(33)34-2/h3-16,19,22,26,32H,17-18H2,1-2H3/t19-,22-,26-/m1/s1. The van der Waals surface area contributed by atoms with Crippen molar-refractivity contribution in [1.29, 1.82) is 0 Å². The van der Waals surface area contributed by atoms with Crippen molar-refractivity contribution >= 4 is 16.7 Å². The van der Waals surface area contributed by atoms with Gasteiger partial charge in [-0.2, -0.15) is 0 Å². The van der Waals surface area contributed by atoms with Gasteiger partial charge in [-0.3, -0.25) is 0 Å². The second-order valence-electron chi connectivity index (χ2n) is 9.00. The largest absolute Gasteiger partial charge is 0.489 e. The van der Waals surface area contributed by atoms with E-state index in [1.807, 2.05) is 24.3 Å². The molecule has 0 saturated carbocycles. The molecule has 4 nitrogen and oxygen atoms in total. The molecule has 1 aliphatic heterocycles. The SMILES string of the molecule is COC(=O)c1cc([C@H]2C[C@H](CN[C@H](C)c3cccc4ccccc34)Oc3ccccc32)ccc1F. The van der Waals surface area contributed by atoms with Crippen molar-refractivity contribution in [2.24, 2.45) is 0 Å². The lowest BCUT2D eigenvalue weighted by Crippen LogP contribution is -2.37. The number of methoxy groups -OCH3 is 1. The monoisotopic (exact) mass is 469 g/mol. The first kappa shape index (κ1) is 23.1. The molecular formula is C30H28FNO3. The summed E-state index contributed by atoms with van der Waals surface area (Å²) < 4.78 is 25.4. The van der Waals surface area contributed by atoms with Crippen LogP contribution in [0.5, 0.6) is 5.75 Å². The molecule has 0 radical (unpaired) electrons. The van der Waals surface area contributed by atoms with Crippen LogP contribution in [0.4, 0.5) is 4.39 Å². The van der Waals surface area contributed by atoms with E-state index in [0.29, 0.717) is 13.0 Å². The molecule has 5 rings (SSSR count). The molecule has 3 atom stereocenters. The summed E-state index contributed by atoms with van der Waals surface area (Å²) >= 11 is 0. The number of hydrogen-bond donors (Lipinski definition) is 1. The van der Waals surface area contributed by atoms with Crippen LogP contribution in [-0.4, -0.2) is 25.7 Å². The smallest absolute Gasteiger partial charge is 0.340 e. The van der Waals surface area contributed by atoms with E-state index < -0.39 is 11.8 Å². The highest BCUT2D eigenvalue weighted by Crippen LogP contribution is 2.40. The van der Waals surface area contributed by atoms with Gasteiger partial charge in [-0.1, -0.05) is 66.7 Å². The molecule has 0 spiro atoms. The number of carbonyl (C=O) groups excluding carboxylic acids is 1. The zero-order valence-corrected chi connectivity index (χ0v) is 19.8. The van der Waals surface area contributed by atoms with Gasteiger partial charge in [0.2, 0.25) is 0 Å². The van der Waals surface area contributed by atoms with Gasteiger partial charge in [0.1, 0.15) is 17.7 Å². The van der Waals surface area contributed by atoms with Gasteiger partial charge in [0.15, 0.2) is 0 Å². The van der Waals surface area contributed by atoms with Crippen LogP contribution in [0.1, 0.15) is 52.4 Å². The maximum Gasteiger partial charge on any atom is 0.340 e. The lowest BCUT2D eigenvalue weighted by Gasteiger charge is -2.33. The normalized spacial score (nSPS) is 17.9. The number of fused-ring (bicyclic) bond motifs is 2. The van der Waals surface area contributed by atoms with Gasteiger partial charge in [-0.15, -0.1) is 0 Å². The number of para-hydroxylation sites is 1. The Hall–Kier alpha value is -3.70. The minimum atomic E-state index is -0.674. The quantitative estimate of drug-likeness (QED) is 0.332. The van der Waals surface area contributed by atoms with Crippen molar-refractivity contribution < 1.29 is 18.7 Å². The molecule has 1 heterocycles. The summed E-state index contributed by atoms with van der Waals surface area (Å²) in [5.74, 6) is -0.462. The Labute approximate surface area is 204 Å². The van der Waals surface area contributed by atoms with Gasteiger partial charge >= 0.3 is 5.97 Å². The third-order valence-electron chi connectivity index (χ3n) is 6.83. The van der Waals surface area contributed by atoms with E-state index in [2.05, 4.69) is 54.7 Å². The van der Waals surface area contributed by atoms with E-state index in [1.54, 1.807) is 12.1 Å². The summed E-state index contributed by atoms with van der Waals surface area (Å²) in [5, 5.41) is 6.11. The molecule has 0 aromatic heterocycles. The highest BCUT2D eigenvalue weighted by atomic mass is 19.1. The summed E-state index contributed by atoms with van der Waals surface area (Å²) in [4.78, 5) is 12.1. The summed E-state index contributed by atoms with van der Waals surface area (Å²) in [6.45, 7) is 2.82.